The van der Waals surface area contributed by atoms with Gasteiger partial charge < -0.3 is 10.2 Å². The first-order valence-electron chi connectivity index (χ1n) is 10.4. The summed E-state index contributed by atoms with van der Waals surface area (Å²) in [7, 11) is 1.80. The zero-order valence-corrected chi connectivity index (χ0v) is 18.7. The van der Waals surface area contributed by atoms with Gasteiger partial charge in [0.05, 0.1) is 23.3 Å². The second-order valence-electron chi connectivity index (χ2n) is 8.68. The molecule has 0 bridgehead atoms. The molecule has 1 aliphatic rings. The zero-order chi connectivity index (χ0) is 24.1. The third kappa shape index (κ3) is 3.99. The number of aryl methyl sites for hydroxylation is 2. The van der Waals surface area contributed by atoms with Crippen molar-refractivity contribution in [1.82, 2.24) is 15.1 Å². The lowest BCUT2D eigenvalue weighted by molar-refractivity contribution is -0.122. The van der Waals surface area contributed by atoms with Crippen molar-refractivity contribution in [2.24, 2.45) is 7.05 Å². The Morgan fingerprint density at radius 1 is 1.09 bits per heavy atom. The number of hydrogen-bond acceptors (Lipinski definition) is 3. The van der Waals surface area contributed by atoms with Crippen LogP contribution in [-0.2, 0) is 30.3 Å². The van der Waals surface area contributed by atoms with Gasteiger partial charge in [0.25, 0.3) is 5.91 Å². The van der Waals surface area contributed by atoms with Crippen molar-refractivity contribution in [3.8, 4) is 0 Å². The van der Waals surface area contributed by atoms with Crippen molar-refractivity contribution < 1.29 is 22.8 Å². The summed E-state index contributed by atoms with van der Waals surface area (Å²) in [6.07, 6.45) is 0. The van der Waals surface area contributed by atoms with Gasteiger partial charge in [-0.2, -0.15) is 5.10 Å². The average Bonchev–Trinajstić information content (AvgIpc) is 3.15. The molecule has 0 spiro atoms. The predicted octanol–water partition coefficient (Wildman–Crippen LogP) is 3.90. The van der Waals surface area contributed by atoms with Crippen molar-refractivity contribution in [2.75, 3.05) is 4.90 Å². The molecule has 2 amide bonds. The number of amides is 2. The van der Waals surface area contributed by atoms with Gasteiger partial charge in [-0.3, -0.25) is 14.3 Å². The van der Waals surface area contributed by atoms with Crippen LogP contribution in [0.1, 0.15) is 46.7 Å². The number of carbonyl (C=O) groups excluding carboxylic acids is 2. The van der Waals surface area contributed by atoms with Crippen LogP contribution in [0.2, 0.25) is 0 Å². The van der Waals surface area contributed by atoms with Crippen LogP contribution >= 0.6 is 0 Å². The lowest BCUT2D eigenvalue weighted by atomic mass is 9.86. The van der Waals surface area contributed by atoms with Gasteiger partial charge >= 0.3 is 0 Å². The van der Waals surface area contributed by atoms with Crippen molar-refractivity contribution in [2.45, 2.75) is 39.3 Å². The lowest BCUT2D eigenvalue weighted by Crippen LogP contribution is -2.36. The Labute approximate surface area is 189 Å². The van der Waals surface area contributed by atoms with Gasteiger partial charge in [0.2, 0.25) is 5.91 Å². The number of hydrogen-bond donors (Lipinski definition) is 1. The molecule has 3 aromatic rings. The Bertz CT molecular complexity index is 1260. The molecule has 1 aliphatic heterocycles. The van der Waals surface area contributed by atoms with Gasteiger partial charge in [0.15, 0.2) is 0 Å². The van der Waals surface area contributed by atoms with Gasteiger partial charge in [0, 0.05) is 42.5 Å². The van der Waals surface area contributed by atoms with E-state index in [1.807, 2.05) is 26.8 Å². The molecule has 172 valence electrons. The molecule has 0 aliphatic carbocycles. The summed E-state index contributed by atoms with van der Waals surface area (Å²) in [5.41, 5.74) is 2.05. The third-order valence-corrected chi connectivity index (χ3v) is 5.95. The van der Waals surface area contributed by atoms with E-state index < -0.39 is 40.9 Å². The smallest absolute Gasteiger partial charge is 0.251 e. The molecule has 2 aromatic carbocycles. The quantitative estimate of drug-likeness (QED) is 0.633. The summed E-state index contributed by atoms with van der Waals surface area (Å²) in [6, 6.07) is 7.89. The van der Waals surface area contributed by atoms with Crippen LogP contribution in [0.3, 0.4) is 0 Å². The standard InChI is InChI=1S/C24H23F3N4O2/c1-13-7-16(30(4)29-13)12-31-21-8-14(5-6-18(21)24(2,3)23(31)33)22(32)28-11-17-19(26)9-15(25)10-20(17)27/h5-10H,11-12H2,1-4H3,(H,28,32). The molecule has 0 fully saturated rings. The molecule has 6 nitrogen and oxygen atoms in total. The minimum atomic E-state index is -1.08. The zero-order valence-electron chi connectivity index (χ0n) is 18.7. The largest absolute Gasteiger partial charge is 0.348 e. The molecule has 1 N–H and O–H groups in total. The van der Waals surface area contributed by atoms with Gasteiger partial charge in [-0.05, 0) is 44.5 Å². The van der Waals surface area contributed by atoms with Crippen LogP contribution in [0.4, 0.5) is 18.9 Å². The number of fused-ring (bicyclic) bond motifs is 1. The normalized spacial score (nSPS) is 14.5. The number of anilines is 1. The summed E-state index contributed by atoms with van der Waals surface area (Å²) in [6.45, 7) is 5.34. The van der Waals surface area contributed by atoms with E-state index in [9.17, 15) is 22.8 Å². The Hall–Kier alpha value is -3.62. The van der Waals surface area contributed by atoms with E-state index in [1.165, 1.54) is 0 Å². The van der Waals surface area contributed by atoms with Gasteiger partial charge in [-0.1, -0.05) is 6.07 Å². The number of rotatable bonds is 5. The number of aromatic nitrogens is 2. The van der Waals surface area contributed by atoms with Gasteiger partial charge in [0.1, 0.15) is 17.5 Å². The molecule has 0 atom stereocenters. The molecule has 9 heteroatoms. The molecule has 2 heterocycles. The molecular weight excluding hydrogens is 433 g/mol. The first kappa shape index (κ1) is 22.6. The van der Waals surface area contributed by atoms with E-state index in [0.29, 0.717) is 17.8 Å². The topological polar surface area (TPSA) is 67.2 Å². The molecule has 0 unspecified atom stereocenters. The third-order valence-electron chi connectivity index (χ3n) is 5.95. The van der Waals surface area contributed by atoms with Gasteiger partial charge in [-0.15, -0.1) is 0 Å². The van der Waals surface area contributed by atoms with Crippen LogP contribution in [0.5, 0.6) is 0 Å². The van der Waals surface area contributed by atoms with Crippen molar-refractivity contribution >= 4 is 17.5 Å². The number of nitrogens with zero attached hydrogens (tertiary/aromatic N) is 3. The lowest BCUT2D eigenvalue weighted by Gasteiger charge is -2.20. The summed E-state index contributed by atoms with van der Waals surface area (Å²) < 4.78 is 42.6. The highest BCUT2D eigenvalue weighted by molar-refractivity contribution is 6.08. The number of halogens is 3. The molecule has 4 rings (SSSR count). The Balaban J connectivity index is 1.61. The van der Waals surface area contributed by atoms with E-state index in [1.54, 1.807) is 34.8 Å². The predicted molar refractivity (Wildman–Crippen MR) is 116 cm³/mol. The van der Waals surface area contributed by atoms with Crippen LogP contribution < -0.4 is 10.2 Å². The Kier molecular flexibility index (Phi) is 5.51. The first-order chi connectivity index (χ1) is 15.5. The van der Waals surface area contributed by atoms with E-state index >= 15 is 0 Å². The SMILES string of the molecule is Cc1cc(CN2C(=O)C(C)(C)c3ccc(C(=O)NCc4c(F)cc(F)cc4F)cc32)n(C)n1. The van der Waals surface area contributed by atoms with Crippen LogP contribution in [-0.4, -0.2) is 21.6 Å². The highest BCUT2D eigenvalue weighted by Crippen LogP contribution is 2.42. The molecule has 0 saturated carbocycles. The Morgan fingerprint density at radius 3 is 2.36 bits per heavy atom. The van der Waals surface area contributed by atoms with Crippen molar-refractivity contribution in [1.29, 1.82) is 0 Å². The molecule has 1 aromatic heterocycles. The summed E-state index contributed by atoms with van der Waals surface area (Å²) >= 11 is 0. The highest BCUT2D eigenvalue weighted by Gasteiger charge is 2.44. The van der Waals surface area contributed by atoms with E-state index in [4.69, 9.17) is 0 Å². The average molecular weight is 456 g/mol. The first-order valence-corrected chi connectivity index (χ1v) is 10.4. The van der Waals surface area contributed by atoms with Crippen LogP contribution in [0.15, 0.2) is 36.4 Å². The highest BCUT2D eigenvalue weighted by atomic mass is 19.1. The summed E-state index contributed by atoms with van der Waals surface area (Å²) in [4.78, 5) is 27.5. The molecule has 33 heavy (non-hydrogen) atoms. The van der Waals surface area contributed by atoms with Crippen LogP contribution in [0, 0.1) is 24.4 Å². The van der Waals surface area contributed by atoms with E-state index in [-0.39, 0.29) is 18.0 Å². The minimum Gasteiger partial charge on any atom is -0.348 e. The maximum absolute atomic E-state index is 13.9. The van der Waals surface area contributed by atoms with E-state index in [0.717, 1.165) is 17.0 Å². The molecule has 0 radical (unpaired) electrons. The van der Waals surface area contributed by atoms with E-state index in [2.05, 4.69) is 10.4 Å². The van der Waals surface area contributed by atoms with Crippen LogP contribution in [0.25, 0.3) is 0 Å². The van der Waals surface area contributed by atoms with Crippen molar-refractivity contribution in [3.63, 3.8) is 0 Å². The minimum absolute atomic E-state index is 0.107. The fourth-order valence-corrected chi connectivity index (χ4v) is 4.13. The monoisotopic (exact) mass is 456 g/mol. The number of nitrogens with one attached hydrogen (secondary N) is 1. The van der Waals surface area contributed by atoms with Crippen molar-refractivity contribution in [3.05, 3.63) is 81.9 Å². The summed E-state index contributed by atoms with van der Waals surface area (Å²) in [5.74, 6) is -3.87. The second kappa shape index (κ2) is 8.06. The maximum Gasteiger partial charge on any atom is 0.251 e. The summed E-state index contributed by atoms with van der Waals surface area (Å²) in [5, 5.41) is 6.78. The number of benzene rings is 2. The fraction of sp³-hybridized carbons (Fsp3) is 0.292. The van der Waals surface area contributed by atoms with Gasteiger partial charge in [-0.25, -0.2) is 13.2 Å². The second-order valence-corrected chi connectivity index (χ2v) is 8.68. The number of carbonyl (C=O) groups is 2. The molecule has 0 saturated heterocycles. The fourth-order valence-electron chi connectivity index (χ4n) is 4.13. The maximum atomic E-state index is 13.9. The Morgan fingerprint density at radius 2 is 1.76 bits per heavy atom. The molecular formula is C24H23F3N4O2.